The Morgan fingerprint density at radius 3 is 1.17 bits per heavy atom. The summed E-state index contributed by atoms with van der Waals surface area (Å²) >= 11 is 0. The van der Waals surface area contributed by atoms with Gasteiger partial charge in [-0.1, -0.05) is 48.5 Å². The number of hydrogen-bond donors (Lipinski definition) is 2. The fourth-order valence-electron chi connectivity index (χ4n) is 5.66. The maximum atomic E-state index is 15.3. The standard InChI is InChI=1S/C34H15F11O2/c1-12-24(35)26(37)21(27(38)25(12)36)17-10-13-6-2-4-8-15(13)19(32(17)46)20-16-9-5-3-7-14(16)11-18(33(20)47)22-28(39)30(41)23(34(43,44)45)31(42)29(22)40/h2-11,46-47H,1H3. The van der Waals surface area contributed by atoms with E-state index in [9.17, 15) is 40.9 Å². The van der Waals surface area contributed by atoms with Gasteiger partial charge in [-0.15, -0.1) is 0 Å². The summed E-state index contributed by atoms with van der Waals surface area (Å²) in [4.78, 5) is 0. The molecular weight excluding hydrogens is 649 g/mol. The number of alkyl halides is 3. The van der Waals surface area contributed by atoms with Crippen molar-refractivity contribution < 1.29 is 58.5 Å². The molecule has 2 N–H and O–H groups in total. The SMILES string of the molecule is Cc1c(F)c(F)c(-c2cc3ccccc3c(-c3c(O)c(-c4c(F)c(F)c(C(F)(F)F)c(F)c4F)cc4ccccc34)c2O)c(F)c1F. The third-order valence-corrected chi connectivity index (χ3v) is 7.86. The first-order chi connectivity index (χ1) is 22.1. The van der Waals surface area contributed by atoms with Crippen molar-refractivity contribution in [2.75, 3.05) is 0 Å². The first-order valence-corrected chi connectivity index (χ1v) is 13.3. The van der Waals surface area contributed by atoms with Gasteiger partial charge in [0, 0.05) is 27.8 Å². The molecule has 47 heavy (non-hydrogen) atoms. The molecule has 0 atom stereocenters. The molecule has 0 aliphatic carbocycles. The van der Waals surface area contributed by atoms with Crippen LogP contribution in [-0.4, -0.2) is 10.2 Å². The third kappa shape index (κ3) is 4.63. The summed E-state index contributed by atoms with van der Waals surface area (Å²) in [6.07, 6.45) is -5.85. The zero-order chi connectivity index (χ0) is 34.3. The van der Waals surface area contributed by atoms with Gasteiger partial charge in [-0.05, 0) is 40.6 Å². The highest BCUT2D eigenvalue weighted by Crippen LogP contribution is 2.53. The Labute approximate surface area is 256 Å². The monoisotopic (exact) mass is 664 g/mol. The van der Waals surface area contributed by atoms with E-state index in [1.165, 1.54) is 48.5 Å². The van der Waals surface area contributed by atoms with Crippen molar-refractivity contribution in [3.63, 3.8) is 0 Å². The molecule has 240 valence electrons. The average Bonchev–Trinajstić information content (AvgIpc) is 3.02. The summed E-state index contributed by atoms with van der Waals surface area (Å²) in [6.45, 7) is 0.771. The minimum absolute atomic E-state index is 0.00838. The summed E-state index contributed by atoms with van der Waals surface area (Å²) in [5, 5.41) is 23.1. The van der Waals surface area contributed by atoms with Crippen molar-refractivity contribution in [3.05, 3.63) is 118 Å². The fourth-order valence-corrected chi connectivity index (χ4v) is 5.66. The van der Waals surface area contributed by atoms with Crippen LogP contribution >= 0.6 is 0 Å². The smallest absolute Gasteiger partial charge is 0.422 e. The number of rotatable bonds is 3. The summed E-state index contributed by atoms with van der Waals surface area (Å²) in [5.41, 5.74) is -9.93. The molecule has 0 bridgehead atoms. The number of phenolic OH excluding ortho intramolecular Hbond substituents is 2. The molecule has 2 nitrogen and oxygen atoms in total. The minimum atomic E-state index is -5.85. The van der Waals surface area contributed by atoms with Crippen LogP contribution in [-0.2, 0) is 6.18 Å². The van der Waals surface area contributed by atoms with Crippen LogP contribution in [0.15, 0.2) is 60.7 Å². The summed E-state index contributed by atoms with van der Waals surface area (Å²) in [5.74, 6) is -20.3. The van der Waals surface area contributed by atoms with Crippen LogP contribution in [0.5, 0.6) is 11.5 Å². The molecule has 0 aliphatic rings. The zero-order valence-corrected chi connectivity index (χ0v) is 23.3. The Balaban J connectivity index is 1.80. The van der Waals surface area contributed by atoms with Crippen LogP contribution in [0.1, 0.15) is 11.1 Å². The van der Waals surface area contributed by atoms with E-state index in [-0.39, 0.29) is 21.5 Å². The molecule has 13 heteroatoms. The molecule has 6 aromatic carbocycles. The maximum absolute atomic E-state index is 15.3. The van der Waals surface area contributed by atoms with Crippen molar-refractivity contribution in [3.8, 4) is 44.9 Å². The largest absolute Gasteiger partial charge is 0.507 e. The molecule has 0 radical (unpaired) electrons. The van der Waals surface area contributed by atoms with Gasteiger partial charge in [-0.25, -0.2) is 35.1 Å². The molecule has 0 fully saturated rings. The first-order valence-electron chi connectivity index (χ1n) is 13.3. The van der Waals surface area contributed by atoms with Crippen LogP contribution < -0.4 is 0 Å². The number of benzene rings is 6. The van der Waals surface area contributed by atoms with Gasteiger partial charge in [0.1, 0.15) is 17.1 Å². The second-order valence-electron chi connectivity index (χ2n) is 10.5. The fraction of sp³-hybridized carbons (Fsp3) is 0.0588. The molecule has 0 aromatic heterocycles. The molecule has 0 heterocycles. The maximum Gasteiger partial charge on any atom is 0.422 e. The molecule has 0 saturated carbocycles. The predicted molar refractivity (Wildman–Crippen MR) is 150 cm³/mol. The van der Waals surface area contributed by atoms with Gasteiger partial charge in [0.2, 0.25) is 0 Å². The van der Waals surface area contributed by atoms with E-state index in [0.717, 1.165) is 19.1 Å². The molecule has 0 aliphatic heterocycles. The van der Waals surface area contributed by atoms with Crippen molar-refractivity contribution in [1.82, 2.24) is 0 Å². The lowest BCUT2D eigenvalue weighted by molar-refractivity contribution is -0.143. The Bertz CT molecular complexity index is 2250. The van der Waals surface area contributed by atoms with E-state index < -0.39 is 109 Å². The lowest BCUT2D eigenvalue weighted by atomic mass is 9.86. The zero-order valence-electron chi connectivity index (χ0n) is 23.3. The molecule has 0 spiro atoms. The van der Waals surface area contributed by atoms with Crippen molar-refractivity contribution in [2.24, 2.45) is 0 Å². The van der Waals surface area contributed by atoms with E-state index in [4.69, 9.17) is 0 Å². The second-order valence-corrected chi connectivity index (χ2v) is 10.5. The predicted octanol–water partition coefficient (Wildman–Crippen LogP) is 10.8. The van der Waals surface area contributed by atoms with Gasteiger partial charge >= 0.3 is 6.18 Å². The van der Waals surface area contributed by atoms with Crippen molar-refractivity contribution >= 4 is 21.5 Å². The van der Waals surface area contributed by atoms with Gasteiger partial charge in [-0.2, -0.15) is 13.2 Å². The van der Waals surface area contributed by atoms with Gasteiger partial charge in [0.05, 0.1) is 11.1 Å². The molecule has 6 aromatic rings. The highest BCUT2D eigenvalue weighted by molar-refractivity contribution is 6.14. The number of phenols is 2. The molecule has 0 unspecified atom stereocenters. The van der Waals surface area contributed by atoms with Crippen LogP contribution in [0, 0.1) is 53.5 Å². The normalized spacial score (nSPS) is 12.0. The minimum Gasteiger partial charge on any atom is -0.507 e. The molecule has 6 rings (SSSR count). The number of halogens is 11. The topological polar surface area (TPSA) is 40.5 Å². The van der Waals surface area contributed by atoms with E-state index in [1.54, 1.807) is 0 Å². The summed E-state index contributed by atoms with van der Waals surface area (Å²) in [7, 11) is 0. The van der Waals surface area contributed by atoms with E-state index in [1.807, 2.05) is 0 Å². The first kappa shape index (κ1) is 31.6. The van der Waals surface area contributed by atoms with Crippen LogP contribution in [0.2, 0.25) is 0 Å². The van der Waals surface area contributed by atoms with Crippen LogP contribution in [0.3, 0.4) is 0 Å². The quantitative estimate of drug-likeness (QED) is 0.146. The highest BCUT2D eigenvalue weighted by Gasteiger charge is 2.43. The van der Waals surface area contributed by atoms with E-state index >= 15 is 17.6 Å². The number of hydrogen-bond acceptors (Lipinski definition) is 2. The van der Waals surface area contributed by atoms with E-state index in [0.29, 0.717) is 0 Å². The van der Waals surface area contributed by atoms with Crippen molar-refractivity contribution in [2.45, 2.75) is 13.1 Å². The van der Waals surface area contributed by atoms with Gasteiger partial charge in [0.25, 0.3) is 0 Å². The Morgan fingerprint density at radius 2 is 0.809 bits per heavy atom. The van der Waals surface area contributed by atoms with Gasteiger partial charge in [0.15, 0.2) is 46.5 Å². The van der Waals surface area contributed by atoms with Crippen molar-refractivity contribution in [1.29, 1.82) is 0 Å². The third-order valence-electron chi connectivity index (χ3n) is 7.86. The molecular formula is C34H15F11O2. The van der Waals surface area contributed by atoms with Gasteiger partial charge < -0.3 is 10.2 Å². The molecule has 0 amide bonds. The molecule has 0 saturated heterocycles. The highest BCUT2D eigenvalue weighted by atomic mass is 19.4. The number of aromatic hydroxyl groups is 2. The second kappa shape index (κ2) is 10.9. The van der Waals surface area contributed by atoms with Crippen LogP contribution in [0.25, 0.3) is 54.9 Å². The Morgan fingerprint density at radius 1 is 0.468 bits per heavy atom. The summed E-state index contributed by atoms with van der Waals surface area (Å²) < 4.78 is 159. The van der Waals surface area contributed by atoms with E-state index in [2.05, 4.69) is 0 Å². The average molecular weight is 664 g/mol. The van der Waals surface area contributed by atoms with Crippen LogP contribution in [0.4, 0.5) is 48.3 Å². The lowest BCUT2D eigenvalue weighted by Gasteiger charge is -2.21. The number of fused-ring (bicyclic) bond motifs is 2. The summed E-state index contributed by atoms with van der Waals surface area (Å²) in [6, 6.07) is 12.7. The lowest BCUT2D eigenvalue weighted by Crippen LogP contribution is -2.16. The Kier molecular flexibility index (Phi) is 7.33. The Hall–Kier alpha value is -5.33. The van der Waals surface area contributed by atoms with Gasteiger partial charge in [-0.3, -0.25) is 0 Å².